The minimum absolute atomic E-state index is 0.0718. The molecule has 1 aromatic heterocycles. The summed E-state index contributed by atoms with van der Waals surface area (Å²) in [5.74, 6) is -0.396. The van der Waals surface area contributed by atoms with Gasteiger partial charge in [0.2, 0.25) is 0 Å². The van der Waals surface area contributed by atoms with E-state index in [4.69, 9.17) is 0 Å². The standard InChI is InChI=1S/C17H14FNO/c1-10-9-12(18)7-8-13(10)17(20)16-11(2)19-15-6-4-3-5-14(15)16/h3-9,19H,1-2H3. The lowest BCUT2D eigenvalue weighted by molar-refractivity contribution is 0.103. The predicted molar refractivity (Wildman–Crippen MR) is 77.6 cm³/mol. The van der Waals surface area contributed by atoms with E-state index in [9.17, 15) is 9.18 Å². The van der Waals surface area contributed by atoms with Crippen LogP contribution < -0.4 is 0 Å². The van der Waals surface area contributed by atoms with Gasteiger partial charge in [0.1, 0.15) is 5.82 Å². The Balaban J connectivity index is 2.20. The average molecular weight is 267 g/mol. The van der Waals surface area contributed by atoms with Gasteiger partial charge in [0.05, 0.1) is 5.56 Å². The van der Waals surface area contributed by atoms with Crippen LogP contribution >= 0.6 is 0 Å². The van der Waals surface area contributed by atoms with Gasteiger partial charge in [-0.05, 0) is 43.7 Å². The second-order valence-electron chi connectivity index (χ2n) is 4.96. The number of hydrogen-bond donors (Lipinski definition) is 1. The lowest BCUT2D eigenvalue weighted by Gasteiger charge is -2.05. The van der Waals surface area contributed by atoms with Crippen LogP contribution in [-0.2, 0) is 0 Å². The number of hydrogen-bond acceptors (Lipinski definition) is 1. The number of aromatic nitrogens is 1. The molecule has 0 fully saturated rings. The monoisotopic (exact) mass is 267 g/mol. The van der Waals surface area contributed by atoms with Gasteiger partial charge in [0.25, 0.3) is 0 Å². The van der Waals surface area contributed by atoms with E-state index >= 15 is 0 Å². The molecular formula is C17H14FNO. The molecule has 0 saturated heterocycles. The Labute approximate surface area is 116 Å². The highest BCUT2D eigenvalue weighted by molar-refractivity contribution is 6.17. The third kappa shape index (κ3) is 1.92. The summed E-state index contributed by atoms with van der Waals surface area (Å²) in [6.07, 6.45) is 0. The Morgan fingerprint density at radius 1 is 1.10 bits per heavy atom. The van der Waals surface area contributed by atoms with E-state index in [1.54, 1.807) is 13.0 Å². The molecule has 1 N–H and O–H groups in total. The highest BCUT2D eigenvalue weighted by Crippen LogP contribution is 2.25. The zero-order valence-electron chi connectivity index (χ0n) is 11.3. The summed E-state index contributed by atoms with van der Waals surface area (Å²) in [6.45, 7) is 3.63. The molecule has 2 nitrogen and oxygen atoms in total. The number of nitrogens with one attached hydrogen (secondary N) is 1. The number of carbonyl (C=O) groups excluding carboxylic acids is 1. The third-order valence-corrected chi connectivity index (χ3v) is 3.55. The van der Waals surface area contributed by atoms with Gasteiger partial charge in [-0.25, -0.2) is 4.39 Å². The van der Waals surface area contributed by atoms with Crippen molar-refractivity contribution in [2.75, 3.05) is 0 Å². The minimum Gasteiger partial charge on any atom is -0.358 e. The maximum atomic E-state index is 13.2. The molecule has 0 aliphatic rings. The van der Waals surface area contributed by atoms with Crippen LogP contribution in [0.2, 0.25) is 0 Å². The first-order valence-corrected chi connectivity index (χ1v) is 6.46. The maximum absolute atomic E-state index is 13.2. The number of fused-ring (bicyclic) bond motifs is 1. The quantitative estimate of drug-likeness (QED) is 0.695. The van der Waals surface area contributed by atoms with Crippen LogP contribution in [0, 0.1) is 19.7 Å². The number of halogens is 1. The van der Waals surface area contributed by atoms with Crippen LogP contribution in [0.4, 0.5) is 4.39 Å². The number of H-pyrrole nitrogens is 1. The zero-order valence-corrected chi connectivity index (χ0v) is 11.3. The molecule has 3 heteroatoms. The van der Waals surface area contributed by atoms with Crippen molar-refractivity contribution in [3.05, 3.63) is 70.7 Å². The maximum Gasteiger partial charge on any atom is 0.195 e. The van der Waals surface area contributed by atoms with Gasteiger partial charge in [-0.3, -0.25) is 4.79 Å². The molecule has 0 bridgehead atoms. The first-order valence-electron chi connectivity index (χ1n) is 6.46. The third-order valence-electron chi connectivity index (χ3n) is 3.55. The number of aryl methyl sites for hydroxylation is 2. The fraction of sp³-hybridized carbons (Fsp3) is 0.118. The zero-order chi connectivity index (χ0) is 14.3. The number of ketones is 1. The topological polar surface area (TPSA) is 32.9 Å². The van der Waals surface area contributed by atoms with Crippen molar-refractivity contribution in [2.45, 2.75) is 13.8 Å². The molecule has 0 radical (unpaired) electrons. The number of para-hydroxylation sites is 1. The number of carbonyl (C=O) groups is 1. The SMILES string of the molecule is Cc1cc(F)ccc1C(=O)c1c(C)[nH]c2ccccc12. The summed E-state index contributed by atoms with van der Waals surface area (Å²) < 4.78 is 13.2. The number of benzene rings is 2. The molecule has 0 aliphatic heterocycles. The first-order chi connectivity index (χ1) is 9.58. The van der Waals surface area contributed by atoms with E-state index in [1.165, 1.54) is 12.1 Å². The van der Waals surface area contributed by atoms with Crippen molar-refractivity contribution in [2.24, 2.45) is 0 Å². The molecule has 20 heavy (non-hydrogen) atoms. The van der Waals surface area contributed by atoms with Crippen LogP contribution in [0.3, 0.4) is 0 Å². The fourth-order valence-electron chi connectivity index (χ4n) is 2.59. The van der Waals surface area contributed by atoms with Crippen molar-refractivity contribution in [3.8, 4) is 0 Å². The second-order valence-corrected chi connectivity index (χ2v) is 4.96. The Hall–Kier alpha value is -2.42. The van der Waals surface area contributed by atoms with E-state index in [0.29, 0.717) is 16.7 Å². The first kappa shape index (κ1) is 12.6. The molecule has 0 saturated carbocycles. The predicted octanol–water partition coefficient (Wildman–Crippen LogP) is 4.15. The number of aromatic amines is 1. The Morgan fingerprint density at radius 2 is 1.85 bits per heavy atom. The van der Waals surface area contributed by atoms with Crippen molar-refractivity contribution < 1.29 is 9.18 Å². The molecule has 0 amide bonds. The van der Waals surface area contributed by atoms with E-state index in [0.717, 1.165) is 16.6 Å². The van der Waals surface area contributed by atoms with Gasteiger partial charge >= 0.3 is 0 Å². The summed E-state index contributed by atoms with van der Waals surface area (Å²) in [5, 5.41) is 0.902. The molecule has 0 atom stereocenters. The summed E-state index contributed by atoms with van der Waals surface area (Å²) >= 11 is 0. The average Bonchev–Trinajstić information content (AvgIpc) is 2.73. The minimum atomic E-state index is -0.324. The molecule has 2 aromatic carbocycles. The molecule has 0 spiro atoms. The molecule has 100 valence electrons. The van der Waals surface area contributed by atoms with E-state index < -0.39 is 0 Å². The summed E-state index contributed by atoms with van der Waals surface area (Å²) in [6, 6.07) is 12.0. The van der Waals surface area contributed by atoms with Crippen LogP contribution in [0.5, 0.6) is 0 Å². The summed E-state index contributed by atoms with van der Waals surface area (Å²) in [5.41, 5.74) is 3.63. The lowest BCUT2D eigenvalue weighted by atomic mass is 9.97. The molecule has 1 heterocycles. The van der Waals surface area contributed by atoms with Crippen molar-refractivity contribution >= 4 is 16.7 Å². The molecule has 3 aromatic rings. The summed E-state index contributed by atoms with van der Waals surface area (Å²) in [7, 11) is 0. The van der Waals surface area contributed by atoms with E-state index in [-0.39, 0.29) is 11.6 Å². The summed E-state index contributed by atoms with van der Waals surface area (Å²) in [4.78, 5) is 15.9. The highest BCUT2D eigenvalue weighted by atomic mass is 19.1. The molecule has 3 rings (SSSR count). The Bertz CT molecular complexity index is 817. The van der Waals surface area contributed by atoms with Crippen molar-refractivity contribution in [1.82, 2.24) is 4.98 Å². The van der Waals surface area contributed by atoms with Gasteiger partial charge in [0, 0.05) is 22.2 Å². The lowest BCUT2D eigenvalue weighted by Crippen LogP contribution is -2.05. The van der Waals surface area contributed by atoms with Crippen LogP contribution in [0.15, 0.2) is 42.5 Å². The van der Waals surface area contributed by atoms with Gasteiger partial charge in [-0.1, -0.05) is 18.2 Å². The Morgan fingerprint density at radius 3 is 2.60 bits per heavy atom. The smallest absolute Gasteiger partial charge is 0.195 e. The highest BCUT2D eigenvalue weighted by Gasteiger charge is 2.19. The normalized spacial score (nSPS) is 10.9. The van der Waals surface area contributed by atoms with E-state index in [2.05, 4.69) is 4.98 Å². The van der Waals surface area contributed by atoms with Crippen molar-refractivity contribution in [3.63, 3.8) is 0 Å². The van der Waals surface area contributed by atoms with Crippen LogP contribution in [0.25, 0.3) is 10.9 Å². The fourth-order valence-corrected chi connectivity index (χ4v) is 2.59. The van der Waals surface area contributed by atoms with E-state index in [1.807, 2.05) is 31.2 Å². The van der Waals surface area contributed by atoms with Crippen LogP contribution in [-0.4, -0.2) is 10.8 Å². The Kier molecular flexibility index (Phi) is 2.90. The second kappa shape index (κ2) is 4.60. The van der Waals surface area contributed by atoms with Gasteiger partial charge in [0.15, 0.2) is 5.78 Å². The number of rotatable bonds is 2. The molecular weight excluding hydrogens is 253 g/mol. The van der Waals surface area contributed by atoms with Gasteiger partial charge in [-0.15, -0.1) is 0 Å². The molecule has 0 unspecified atom stereocenters. The van der Waals surface area contributed by atoms with Crippen molar-refractivity contribution in [1.29, 1.82) is 0 Å². The van der Waals surface area contributed by atoms with Gasteiger partial charge < -0.3 is 4.98 Å². The molecule has 0 aliphatic carbocycles. The van der Waals surface area contributed by atoms with Crippen LogP contribution in [0.1, 0.15) is 27.2 Å². The largest absolute Gasteiger partial charge is 0.358 e. The van der Waals surface area contributed by atoms with Gasteiger partial charge in [-0.2, -0.15) is 0 Å².